The molecule has 0 aliphatic heterocycles. The standard InChI is InChI=1S/C14H22N2O2/c1-10(2)13(17)9-16-14(18)12-6-4-3-5-11(12)7-8-15/h3-6,10,13,17H,7-9,15H2,1-2H3,(H,16,18). The summed E-state index contributed by atoms with van der Waals surface area (Å²) in [5, 5.41) is 12.4. The Hall–Kier alpha value is -1.39. The van der Waals surface area contributed by atoms with Gasteiger partial charge in [0.2, 0.25) is 0 Å². The molecule has 18 heavy (non-hydrogen) atoms. The average molecular weight is 250 g/mol. The van der Waals surface area contributed by atoms with Gasteiger partial charge < -0.3 is 16.2 Å². The molecule has 1 aromatic carbocycles. The second-order valence-electron chi connectivity index (χ2n) is 4.72. The third kappa shape index (κ3) is 4.13. The highest BCUT2D eigenvalue weighted by Gasteiger charge is 2.13. The lowest BCUT2D eigenvalue weighted by Crippen LogP contribution is -2.35. The quantitative estimate of drug-likeness (QED) is 0.703. The van der Waals surface area contributed by atoms with Gasteiger partial charge in [0.25, 0.3) is 5.91 Å². The van der Waals surface area contributed by atoms with Crippen molar-refractivity contribution in [2.75, 3.05) is 13.1 Å². The average Bonchev–Trinajstić information content (AvgIpc) is 2.36. The Morgan fingerprint density at radius 1 is 1.39 bits per heavy atom. The Morgan fingerprint density at radius 2 is 2.06 bits per heavy atom. The molecule has 0 radical (unpaired) electrons. The molecule has 1 aromatic rings. The monoisotopic (exact) mass is 250 g/mol. The Labute approximate surface area is 108 Å². The van der Waals surface area contributed by atoms with E-state index < -0.39 is 6.10 Å². The molecule has 0 bridgehead atoms. The lowest BCUT2D eigenvalue weighted by Gasteiger charge is -2.16. The molecule has 1 unspecified atom stereocenters. The summed E-state index contributed by atoms with van der Waals surface area (Å²) in [7, 11) is 0. The first-order chi connectivity index (χ1) is 8.56. The summed E-state index contributed by atoms with van der Waals surface area (Å²) < 4.78 is 0. The van der Waals surface area contributed by atoms with E-state index in [4.69, 9.17) is 5.73 Å². The zero-order valence-corrected chi connectivity index (χ0v) is 11.0. The normalized spacial score (nSPS) is 12.5. The fourth-order valence-corrected chi connectivity index (χ4v) is 1.64. The SMILES string of the molecule is CC(C)C(O)CNC(=O)c1ccccc1CCN. The van der Waals surface area contributed by atoms with Crippen LogP contribution in [0.3, 0.4) is 0 Å². The van der Waals surface area contributed by atoms with Gasteiger partial charge in [-0.25, -0.2) is 0 Å². The Kier molecular flexibility index (Phi) is 5.82. The van der Waals surface area contributed by atoms with Gasteiger partial charge >= 0.3 is 0 Å². The molecule has 100 valence electrons. The molecule has 0 saturated heterocycles. The topological polar surface area (TPSA) is 75.3 Å². The molecule has 4 nitrogen and oxygen atoms in total. The number of benzene rings is 1. The van der Waals surface area contributed by atoms with E-state index in [2.05, 4.69) is 5.32 Å². The zero-order valence-electron chi connectivity index (χ0n) is 11.0. The summed E-state index contributed by atoms with van der Waals surface area (Å²) in [6.07, 6.45) is 0.159. The first-order valence-electron chi connectivity index (χ1n) is 6.30. The molecule has 0 aromatic heterocycles. The number of aliphatic hydroxyl groups excluding tert-OH is 1. The van der Waals surface area contributed by atoms with Crippen LogP contribution in [0.5, 0.6) is 0 Å². The molecular weight excluding hydrogens is 228 g/mol. The smallest absolute Gasteiger partial charge is 0.251 e. The van der Waals surface area contributed by atoms with Crippen LogP contribution < -0.4 is 11.1 Å². The van der Waals surface area contributed by atoms with Gasteiger partial charge in [-0.1, -0.05) is 32.0 Å². The van der Waals surface area contributed by atoms with Gasteiger partial charge in [-0.05, 0) is 30.5 Å². The van der Waals surface area contributed by atoms with E-state index in [-0.39, 0.29) is 18.4 Å². The molecule has 1 atom stereocenters. The van der Waals surface area contributed by atoms with E-state index in [9.17, 15) is 9.90 Å². The molecule has 1 rings (SSSR count). The lowest BCUT2D eigenvalue weighted by molar-refractivity contribution is 0.0871. The van der Waals surface area contributed by atoms with Gasteiger partial charge in [-0.15, -0.1) is 0 Å². The van der Waals surface area contributed by atoms with Gasteiger partial charge in [0, 0.05) is 12.1 Å². The Bertz CT molecular complexity index is 391. The summed E-state index contributed by atoms with van der Waals surface area (Å²) in [4.78, 5) is 12.0. The highest BCUT2D eigenvalue weighted by molar-refractivity contribution is 5.95. The van der Waals surface area contributed by atoms with E-state index in [1.165, 1.54) is 0 Å². The minimum atomic E-state index is -0.518. The van der Waals surface area contributed by atoms with Crippen LogP contribution in [0.1, 0.15) is 29.8 Å². The van der Waals surface area contributed by atoms with Crippen molar-refractivity contribution < 1.29 is 9.90 Å². The minimum Gasteiger partial charge on any atom is -0.391 e. The molecule has 1 amide bonds. The van der Waals surface area contributed by atoms with Gasteiger partial charge in [0.1, 0.15) is 0 Å². The van der Waals surface area contributed by atoms with Crippen LogP contribution in [0.2, 0.25) is 0 Å². The van der Waals surface area contributed by atoms with Crippen molar-refractivity contribution in [1.82, 2.24) is 5.32 Å². The van der Waals surface area contributed by atoms with Gasteiger partial charge in [-0.2, -0.15) is 0 Å². The first kappa shape index (κ1) is 14.7. The van der Waals surface area contributed by atoms with Crippen LogP contribution in [0.15, 0.2) is 24.3 Å². The largest absolute Gasteiger partial charge is 0.391 e. The molecule has 4 N–H and O–H groups in total. The predicted molar refractivity (Wildman–Crippen MR) is 72.4 cm³/mol. The summed E-state index contributed by atoms with van der Waals surface area (Å²) >= 11 is 0. The van der Waals surface area contributed by atoms with Gasteiger partial charge in [0.15, 0.2) is 0 Å². The molecule has 4 heteroatoms. The molecule has 0 heterocycles. The van der Waals surface area contributed by atoms with Crippen molar-refractivity contribution in [2.45, 2.75) is 26.4 Å². The molecular formula is C14H22N2O2. The molecule has 0 aliphatic rings. The number of hydrogen-bond acceptors (Lipinski definition) is 3. The van der Waals surface area contributed by atoms with Crippen LogP contribution in [-0.2, 0) is 6.42 Å². The minimum absolute atomic E-state index is 0.129. The van der Waals surface area contributed by atoms with Crippen molar-refractivity contribution in [3.05, 3.63) is 35.4 Å². The van der Waals surface area contributed by atoms with Crippen molar-refractivity contribution >= 4 is 5.91 Å². The third-order valence-corrected chi connectivity index (χ3v) is 2.92. The van der Waals surface area contributed by atoms with Crippen LogP contribution in [0, 0.1) is 5.92 Å². The highest BCUT2D eigenvalue weighted by atomic mass is 16.3. The molecule has 0 fully saturated rings. The van der Waals surface area contributed by atoms with E-state index >= 15 is 0 Å². The number of nitrogens with two attached hydrogens (primary N) is 1. The third-order valence-electron chi connectivity index (χ3n) is 2.92. The fraction of sp³-hybridized carbons (Fsp3) is 0.500. The number of amides is 1. The van der Waals surface area contributed by atoms with Crippen LogP contribution in [-0.4, -0.2) is 30.2 Å². The number of carbonyl (C=O) groups excluding carboxylic acids is 1. The maximum Gasteiger partial charge on any atom is 0.251 e. The van der Waals surface area contributed by atoms with E-state index in [0.717, 1.165) is 5.56 Å². The van der Waals surface area contributed by atoms with Crippen LogP contribution in [0.4, 0.5) is 0 Å². The highest BCUT2D eigenvalue weighted by Crippen LogP contribution is 2.09. The van der Waals surface area contributed by atoms with Gasteiger partial charge in [0.05, 0.1) is 6.10 Å². The second kappa shape index (κ2) is 7.13. The van der Waals surface area contributed by atoms with Gasteiger partial charge in [-0.3, -0.25) is 4.79 Å². The van der Waals surface area contributed by atoms with Crippen LogP contribution in [0.25, 0.3) is 0 Å². The van der Waals surface area contributed by atoms with E-state index in [1.807, 2.05) is 32.0 Å². The zero-order chi connectivity index (χ0) is 13.5. The summed E-state index contributed by atoms with van der Waals surface area (Å²) in [6, 6.07) is 7.40. The fourth-order valence-electron chi connectivity index (χ4n) is 1.64. The number of carbonyl (C=O) groups is 1. The summed E-state index contributed by atoms with van der Waals surface area (Å²) in [5.74, 6) is -0.0247. The maximum absolute atomic E-state index is 12.0. The molecule has 0 saturated carbocycles. The Balaban J connectivity index is 2.66. The van der Waals surface area contributed by atoms with Crippen molar-refractivity contribution in [3.8, 4) is 0 Å². The molecule has 0 spiro atoms. The summed E-state index contributed by atoms with van der Waals surface area (Å²) in [6.45, 7) is 4.62. The maximum atomic E-state index is 12.0. The van der Waals surface area contributed by atoms with Crippen molar-refractivity contribution in [1.29, 1.82) is 0 Å². The number of aliphatic hydroxyl groups is 1. The van der Waals surface area contributed by atoms with Crippen molar-refractivity contribution in [2.24, 2.45) is 11.7 Å². The number of rotatable bonds is 6. The number of nitrogens with one attached hydrogen (secondary N) is 1. The van der Waals surface area contributed by atoms with Crippen molar-refractivity contribution in [3.63, 3.8) is 0 Å². The van der Waals surface area contributed by atoms with Crippen LogP contribution >= 0.6 is 0 Å². The lowest BCUT2D eigenvalue weighted by atomic mass is 10.0. The second-order valence-corrected chi connectivity index (χ2v) is 4.72. The number of hydrogen-bond donors (Lipinski definition) is 3. The predicted octanol–water partition coefficient (Wildman–Crippen LogP) is 0.935. The van der Waals surface area contributed by atoms with E-state index in [0.29, 0.717) is 18.5 Å². The Morgan fingerprint density at radius 3 is 2.67 bits per heavy atom. The summed E-state index contributed by atoms with van der Waals surface area (Å²) in [5.41, 5.74) is 7.10. The van der Waals surface area contributed by atoms with E-state index in [1.54, 1.807) is 6.07 Å². The first-order valence-corrected chi connectivity index (χ1v) is 6.30. The molecule has 0 aliphatic carbocycles.